The molecule has 2 aromatic rings. The molecule has 1 aromatic heterocycles. The SMILES string of the molecule is CCCN1C(=O)/C(=C\c2c(C)c(C#N)c(=O)n(CCC)c2NCc2ccc(F)cc2)SC1=S. The van der Waals surface area contributed by atoms with Crippen molar-refractivity contribution in [2.75, 3.05) is 11.9 Å². The molecule has 172 valence electrons. The lowest BCUT2D eigenvalue weighted by molar-refractivity contribution is -0.122. The first-order valence-electron chi connectivity index (χ1n) is 10.7. The Morgan fingerprint density at radius 1 is 1.18 bits per heavy atom. The Morgan fingerprint density at radius 2 is 1.85 bits per heavy atom. The highest BCUT2D eigenvalue weighted by Crippen LogP contribution is 2.35. The Bertz CT molecular complexity index is 1210. The van der Waals surface area contributed by atoms with Gasteiger partial charge in [0.2, 0.25) is 0 Å². The summed E-state index contributed by atoms with van der Waals surface area (Å²) in [5.41, 5.74) is 1.59. The number of nitrogens with one attached hydrogen (secondary N) is 1. The van der Waals surface area contributed by atoms with Crippen LogP contribution in [0.15, 0.2) is 34.0 Å². The normalized spacial score (nSPS) is 14.8. The molecule has 2 heterocycles. The van der Waals surface area contributed by atoms with Crippen LogP contribution in [0.3, 0.4) is 0 Å². The van der Waals surface area contributed by atoms with E-state index in [2.05, 4.69) is 5.32 Å². The van der Waals surface area contributed by atoms with Crippen LogP contribution in [0.1, 0.15) is 48.9 Å². The quantitative estimate of drug-likeness (QED) is 0.428. The first-order chi connectivity index (χ1) is 15.8. The molecule has 1 aliphatic heterocycles. The number of rotatable bonds is 8. The first-order valence-corrected chi connectivity index (χ1v) is 12.0. The smallest absolute Gasteiger partial charge is 0.270 e. The number of anilines is 1. The van der Waals surface area contributed by atoms with E-state index in [1.165, 1.54) is 28.5 Å². The van der Waals surface area contributed by atoms with E-state index in [1.54, 1.807) is 30.0 Å². The lowest BCUT2D eigenvalue weighted by Gasteiger charge is -2.20. The number of benzene rings is 1. The molecule has 0 unspecified atom stereocenters. The number of nitriles is 1. The molecular weight excluding hydrogens is 459 g/mol. The van der Waals surface area contributed by atoms with E-state index in [0.717, 1.165) is 12.0 Å². The van der Waals surface area contributed by atoms with E-state index in [0.29, 0.717) is 52.2 Å². The van der Waals surface area contributed by atoms with E-state index in [4.69, 9.17) is 12.2 Å². The third-order valence-electron chi connectivity index (χ3n) is 5.29. The van der Waals surface area contributed by atoms with Gasteiger partial charge in [-0.3, -0.25) is 19.1 Å². The van der Waals surface area contributed by atoms with Crippen molar-refractivity contribution in [1.29, 1.82) is 5.26 Å². The summed E-state index contributed by atoms with van der Waals surface area (Å²) >= 11 is 6.59. The van der Waals surface area contributed by atoms with Crippen LogP contribution in [-0.2, 0) is 17.9 Å². The minimum absolute atomic E-state index is 0.0473. The molecule has 1 saturated heterocycles. The Morgan fingerprint density at radius 3 is 2.45 bits per heavy atom. The molecular formula is C24H25FN4O2S2. The summed E-state index contributed by atoms with van der Waals surface area (Å²) in [5, 5.41) is 13.0. The van der Waals surface area contributed by atoms with Crippen molar-refractivity contribution in [3.63, 3.8) is 0 Å². The van der Waals surface area contributed by atoms with Gasteiger partial charge < -0.3 is 5.32 Å². The number of pyridine rings is 1. The van der Waals surface area contributed by atoms with Gasteiger partial charge in [-0.1, -0.05) is 50.0 Å². The zero-order chi connectivity index (χ0) is 24.1. The van der Waals surface area contributed by atoms with Crippen LogP contribution in [0.2, 0.25) is 0 Å². The van der Waals surface area contributed by atoms with Crippen molar-refractivity contribution in [3.05, 3.63) is 67.6 Å². The molecule has 1 fully saturated rings. The summed E-state index contributed by atoms with van der Waals surface area (Å²) < 4.78 is 15.3. The van der Waals surface area contributed by atoms with Gasteiger partial charge in [0.15, 0.2) is 0 Å². The summed E-state index contributed by atoms with van der Waals surface area (Å²) in [6.07, 6.45) is 3.17. The van der Waals surface area contributed by atoms with E-state index >= 15 is 0 Å². The van der Waals surface area contributed by atoms with Gasteiger partial charge >= 0.3 is 0 Å². The van der Waals surface area contributed by atoms with Crippen LogP contribution in [-0.4, -0.2) is 26.2 Å². The van der Waals surface area contributed by atoms with Gasteiger partial charge in [-0.25, -0.2) is 4.39 Å². The number of amides is 1. The molecule has 1 amide bonds. The second-order valence-electron chi connectivity index (χ2n) is 7.64. The van der Waals surface area contributed by atoms with Gasteiger partial charge in [0, 0.05) is 25.2 Å². The van der Waals surface area contributed by atoms with E-state index in [1.807, 2.05) is 19.9 Å². The molecule has 0 atom stereocenters. The van der Waals surface area contributed by atoms with Crippen LogP contribution in [0.25, 0.3) is 6.08 Å². The largest absolute Gasteiger partial charge is 0.367 e. The third-order valence-corrected chi connectivity index (χ3v) is 6.67. The lowest BCUT2D eigenvalue weighted by atomic mass is 10.0. The maximum atomic E-state index is 13.3. The van der Waals surface area contributed by atoms with Gasteiger partial charge in [-0.2, -0.15) is 5.26 Å². The van der Waals surface area contributed by atoms with E-state index in [-0.39, 0.29) is 22.8 Å². The molecule has 0 spiro atoms. The number of carbonyl (C=O) groups excluding carboxylic acids is 1. The van der Waals surface area contributed by atoms with Gasteiger partial charge in [0.25, 0.3) is 11.5 Å². The Balaban J connectivity index is 2.14. The number of carbonyl (C=O) groups is 1. The Kier molecular flexibility index (Phi) is 8.06. The van der Waals surface area contributed by atoms with Crippen molar-refractivity contribution in [3.8, 4) is 6.07 Å². The molecule has 0 aliphatic carbocycles. The van der Waals surface area contributed by atoms with Gasteiger partial charge in [0.1, 0.15) is 27.6 Å². The minimum atomic E-state index is -0.380. The highest BCUT2D eigenvalue weighted by molar-refractivity contribution is 8.26. The molecule has 3 rings (SSSR count). The fraction of sp³-hybridized carbons (Fsp3) is 0.333. The van der Waals surface area contributed by atoms with Crippen LogP contribution >= 0.6 is 24.0 Å². The van der Waals surface area contributed by atoms with Crippen molar-refractivity contribution < 1.29 is 9.18 Å². The number of hydrogen-bond acceptors (Lipinski definition) is 6. The standard InChI is InChI=1S/C24H25FN4O2S2/c1-4-10-28-21(27-14-16-6-8-17(25)9-7-16)18(15(3)19(13-26)22(28)30)12-20-23(31)29(11-5-2)24(32)33-20/h6-9,12,27H,4-5,10-11,14H2,1-3H3/b20-12+. The lowest BCUT2D eigenvalue weighted by Crippen LogP contribution is -2.29. The molecule has 1 aromatic carbocycles. The number of nitrogens with zero attached hydrogens (tertiary/aromatic N) is 3. The number of thiocarbonyl (C=S) groups is 1. The molecule has 33 heavy (non-hydrogen) atoms. The summed E-state index contributed by atoms with van der Waals surface area (Å²) in [5.74, 6) is 0.0107. The zero-order valence-electron chi connectivity index (χ0n) is 18.8. The van der Waals surface area contributed by atoms with Crippen molar-refractivity contribution in [1.82, 2.24) is 9.47 Å². The zero-order valence-corrected chi connectivity index (χ0v) is 20.4. The van der Waals surface area contributed by atoms with E-state index in [9.17, 15) is 19.2 Å². The predicted octanol–water partition coefficient (Wildman–Crippen LogP) is 4.80. The van der Waals surface area contributed by atoms with Gasteiger partial charge in [0.05, 0.1) is 4.91 Å². The predicted molar refractivity (Wildman–Crippen MR) is 134 cm³/mol. The minimum Gasteiger partial charge on any atom is -0.367 e. The molecule has 1 aliphatic rings. The Labute approximate surface area is 202 Å². The highest BCUT2D eigenvalue weighted by atomic mass is 32.2. The van der Waals surface area contributed by atoms with Gasteiger partial charge in [-0.05, 0) is 49.1 Å². The molecule has 9 heteroatoms. The second kappa shape index (κ2) is 10.8. The molecule has 6 nitrogen and oxygen atoms in total. The van der Waals surface area contributed by atoms with Crippen LogP contribution < -0.4 is 10.9 Å². The third kappa shape index (κ3) is 5.18. The van der Waals surface area contributed by atoms with Crippen LogP contribution in [0.4, 0.5) is 10.2 Å². The maximum absolute atomic E-state index is 13.3. The maximum Gasteiger partial charge on any atom is 0.270 e. The fourth-order valence-electron chi connectivity index (χ4n) is 3.63. The average molecular weight is 485 g/mol. The summed E-state index contributed by atoms with van der Waals surface area (Å²) in [4.78, 5) is 28.0. The van der Waals surface area contributed by atoms with E-state index < -0.39 is 0 Å². The first kappa shape index (κ1) is 24.7. The van der Waals surface area contributed by atoms with Crippen molar-refractivity contribution in [2.24, 2.45) is 0 Å². The van der Waals surface area contributed by atoms with Crippen LogP contribution in [0.5, 0.6) is 0 Å². The molecule has 0 saturated carbocycles. The number of thioether (sulfide) groups is 1. The van der Waals surface area contributed by atoms with Crippen molar-refractivity contribution >= 4 is 46.1 Å². The summed E-state index contributed by atoms with van der Waals surface area (Å²) in [6.45, 7) is 6.90. The number of halogens is 1. The topological polar surface area (TPSA) is 78.1 Å². The number of hydrogen-bond donors (Lipinski definition) is 1. The summed E-state index contributed by atoms with van der Waals surface area (Å²) in [7, 11) is 0. The monoisotopic (exact) mass is 484 g/mol. The molecule has 1 N–H and O–H groups in total. The molecule has 0 bridgehead atoms. The Hall–Kier alpha value is -2.96. The van der Waals surface area contributed by atoms with Gasteiger partial charge in [-0.15, -0.1) is 0 Å². The number of aromatic nitrogens is 1. The van der Waals surface area contributed by atoms with Crippen LogP contribution in [0, 0.1) is 24.1 Å². The molecule has 0 radical (unpaired) electrons. The average Bonchev–Trinajstić information content (AvgIpc) is 3.05. The fourth-order valence-corrected chi connectivity index (χ4v) is 4.92. The second-order valence-corrected chi connectivity index (χ2v) is 9.32. The highest BCUT2D eigenvalue weighted by Gasteiger charge is 2.32. The van der Waals surface area contributed by atoms with Crippen molar-refractivity contribution in [2.45, 2.75) is 46.7 Å². The summed E-state index contributed by atoms with van der Waals surface area (Å²) in [6, 6.07) is 8.10.